The molecule has 2 fully saturated rings. The number of fused-ring (bicyclic) bond motifs is 1. The molecule has 0 aromatic heterocycles. The number of benzene rings is 1. The van der Waals surface area contributed by atoms with E-state index in [9.17, 15) is 9.18 Å². The van der Waals surface area contributed by atoms with Crippen molar-refractivity contribution in [2.24, 2.45) is 5.92 Å². The quantitative estimate of drug-likeness (QED) is 0.874. The molecule has 0 bridgehead atoms. The summed E-state index contributed by atoms with van der Waals surface area (Å²) in [4.78, 5) is 12.3. The van der Waals surface area contributed by atoms with E-state index in [2.05, 4.69) is 10.6 Å². The molecule has 1 saturated heterocycles. The minimum Gasteiger partial charge on any atom is -0.325 e. The van der Waals surface area contributed by atoms with Gasteiger partial charge in [-0.3, -0.25) is 4.79 Å². The number of carbonyl (C=O) groups is 1. The van der Waals surface area contributed by atoms with Gasteiger partial charge >= 0.3 is 0 Å². The van der Waals surface area contributed by atoms with Gasteiger partial charge in [-0.15, -0.1) is 0 Å². The summed E-state index contributed by atoms with van der Waals surface area (Å²) < 4.78 is 13.4. The third kappa shape index (κ3) is 3.38. The molecule has 3 rings (SSSR count). The first kappa shape index (κ1) is 14.8. The number of nitrogens with one attached hydrogen (secondary N) is 2. The number of hydrogen-bond acceptors (Lipinski definition) is 2. The summed E-state index contributed by atoms with van der Waals surface area (Å²) in [5, 5.41) is 6.31. The Bertz CT molecular complexity index is 537. The van der Waals surface area contributed by atoms with Crippen molar-refractivity contribution in [3.8, 4) is 0 Å². The first-order valence-electron chi connectivity index (χ1n) is 7.65. The Morgan fingerprint density at radius 2 is 2.05 bits per heavy atom. The highest BCUT2D eigenvalue weighted by Gasteiger charge is 2.34. The highest BCUT2D eigenvalue weighted by Crippen LogP contribution is 2.32. The van der Waals surface area contributed by atoms with E-state index in [0.29, 0.717) is 11.7 Å². The molecule has 1 aromatic rings. The maximum atomic E-state index is 13.4. The summed E-state index contributed by atoms with van der Waals surface area (Å²) in [7, 11) is 0. The minimum absolute atomic E-state index is 0.0637. The molecule has 1 aliphatic carbocycles. The molecule has 5 heteroatoms. The van der Waals surface area contributed by atoms with E-state index in [4.69, 9.17) is 11.6 Å². The molecule has 2 aliphatic rings. The Balaban J connectivity index is 1.61. The average Bonchev–Trinajstić information content (AvgIpc) is 2.50. The lowest BCUT2D eigenvalue weighted by Gasteiger charge is -2.39. The number of halogens is 2. The van der Waals surface area contributed by atoms with Gasteiger partial charge in [0.15, 0.2) is 0 Å². The molecule has 3 atom stereocenters. The summed E-state index contributed by atoms with van der Waals surface area (Å²) in [6.07, 6.45) is 6.93. The average molecular weight is 311 g/mol. The molecular weight excluding hydrogens is 291 g/mol. The predicted octanol–water partition coefficient (Wildman–Crippen LogP) is 3.73. The van der Waals surface area contributed by atoms with E-state index in [0.717, 1.165) is 25.2 Å². The molecule has 0 radical (unpaired) electrons. The van der Waals surface area contributed by atoms with Crippen molar-refractivity contribution in [2.45, 2.75) is 50.6 Å². The van der Waals surface area contributed by atoms with Gasteiger partial charge in [0.25, 0.3) is 0 Å². The first-order chi connectivity index (χ1) is 10.1. The fraction of sp³-hybridized carbons (Fsp3) is 0.562. The van der Waals surface area contributed by atoms with Gasteiger partial charge in [0.1, 0.15) is 5.82 Å². The third-order valence-electron chi connectivity index (χ3n) is 4.65. The summed E-state index contributed by atoms with van der Waals surface area (Å²) in [6.45, 7) is 0. The third-order valence-corrected chi connectivity index (χ3v) is 4.96. The van der Waals surface area contributed by atoms with Gasteiger partial charge in [0.2, 0.25) is 5.91 Å². The highest BCUT2D eigenvalue weighted by atomic mass is 35.5. The molecule has 21 heavy (non-hydrogen) atoms. The summed E-state index contributed by atoms with van der Waals surface area (Å²) >= 11 is 5.64. The first-order valence-corrected chi connectivity index (χ1v) is 8.03. The van der Waals surface area contributed by atoms with Crippen LogP contribution in [0.4, 0.5) is 10.1 Å². The second-order valence-electron chi connectivity index (χ2n) is 6.07. The molecule has 1 saturated carbocycles. The maximum Gasteiger partial charge on any atom is 0.241 e. The van der Waals surface area contributed by atoms with Crippen molar-refractivity contribution < 1.29 is 9.18 Å². The van der Waals surface area contributed by atoms with Crippen molar-refractivity contribution in [2.75, 3.05) is 5.32 Å². The lowest BCUT2D eigenvalue weighted by Crippen LogP contribution is -2.53. The minimum atomic E-state index is -0.515. The Morgan fingerprint density at radius 1 is 1.24 bits per heavy atom. The monoisotopic (exact) mass is 310 g/mol. The normalized spacial score (nSPS) is 28.8. The Hall–Kier alpha value is -1.13. The second-order valence-corrected chi connectivity index (χ2v) is 6.47. The number of anilines is 1. The van der Waals surface area contributed by atoms with Gasteiger partial charge in [-0.05, 0) is 49.8 Å². The lowest BCUT2D eigenvalue weighted by atomic mass is 9.77. The van der Waals surface area contributed by atoms with Crippen LogP contribution in [0, 0.1) is 11.7 Å². The van der Waals surface area contributed by atoms with Crippen LogP contribution in [0.5, 0.6) is 0 Å². The fourth-order valence-corrected chi connectivity index (χ4v) is 3.62. The lowest BCUT2D eigenvalue weighted by molar-refractivity contribution is -0.119. The van der Waals surface area contributed by atoms with Crippen LogP contribution < -0.4 is 10.6 Å². The molecule has 3 unspecified atom stereocenters. The van der Waals surface area contributed by atoms with Gasteiger partial charge in [-0.25, -0.2) is 4.39 Å². The Kier molecular flexibility index (Phi) is 4.45. The van der Waals surface area contributed by atoms with E-state index in [-0.39, 0.29) is 17.0 Å². The van der Waals surface area contributed by atoms with Crippen molar-refractivity contribution >= 4 is 23.2 Å². The van der Waals surface area contributed by atoms with Gasteiger partial charge in [0.05, 0.1) is 11.1 Å². The van der Waals surface area contributed by atoms with E-state index in [1.165, 1.54) is 31.4 Å². The number of carbonyl (C=O) groups excluding carboxylic acids is 1. The molecule has 0 spiro atoms. The van der Waals surface area contributed by atoms with Gasteiger partial charge in [0, 0.05) is 11.7 Å². The highest BCUT2D eigenvalue weighted by molar-refractivity contribution is 6.30. The van der Waals surface area contributed by atoms with Crippen LogP contribution in [-0.4, -0.2) is 18.0 Å². The van der Waals surface area contributed by atoms with Gasteiger partial charge in [-0.1, -0.05) is 24.4 Å². The zero-order chi connectivity index (χ0) is 14.8. The summed E-state index contributed by atoms with van der Waals surface area (Å²) in [5.41, 5.74) is 0.453. The van der Waals surface area contributed by atoms with Crippen molar-refractivity contribution in [1.29, 1.82) is 0 Å². The number of piperidine rings is 1. The van der Waals surface area contributed by atoms with E-state index >= 15 is 0 Å². The molecule has 1 amide bonds. The molecule has 1 aliphatic heterocycles. The van der Waals surface area contributed by atoms with Crippen molar-refractivity contribution in [3.05, 3.63) is 29.0 Å². The molecule has 1 heterocycles. The second kappa shape index (κ2) is 6.32. The largest absolute Gasteiger partial charge is 0.325 e. The number of hydrogen-bond donors (Lipinski definition) is 2. The van der Waals surface area contributed by atoms with Crippen LogP contribution in [-0.2, 0) is 4.79 Å². The van der Waals surface area contributed by atoms with Gasteiger partial charge < -0.3 is 10.6 Å². The van der Waals surface area contributed by atoms with E-state index in [1.807, 2.05) is 0 Å². The summed E-state index contributed by atoms with van der Waals surface area (Å²) in [5.74, 6) is 0.120. The van der Waals surface area contributed by atoms with Crippen LogP contribution in [0.3, 0.4) is 0 Å². The van der Waals surface area contributed by atoms with Crippen molar-refractivity contribution in [3.63, 3.8) is 0 Å². The molecule has 1 aromatic carbocycles. The number of amides is 1. The van der Waals surface area contributed by atoms with Crippen LogP contribution in [0.25, 0.3) is 0 Å². The Labute approximate surface area is 129 Å². The van der Waals surface area contributed by atoms with Crippen LogP contribution in [0.1, 0.15) is 38.5 Å². The van der Waals surface area contributed by atoms with E-state index in [1.54, 1.807) is 6.07 Å². The molecule has 114 valence electrons. The SMILES string of the molecule is O=C(Nc1ccc(Cl)c(F)c1)C1CCC2CCCCC2N1. The molecule has 2 N–H and O–H groups in total. The van der Waals surface area contributed by atoms with Gasteiger partial charge in [-0.2, -0.15) is 0 Å². The zero-order valence-corrected chi connectivity index (χ0v) is 12.6. The standard InChI is InChI=1S/C16H20ClFN2O/c17-12-7-6-11(9-13(12)18)19-16(21)15-8-5-10-3-1-2-4-14(10)20-15/h6-7,9-10,14-15,20H,1-5,8H2,(H,19,21). The van der Waals surface area contributed by atoms with Crippen LogP contribution in [0.2, 0.25) is 5.02 Å². The van der Waals surface area contributed by atoms with Crippen molar-refractivity contribution in [1.82, 2.24) is 5.32 Å². The number of rotatable bonds is 2. The fourth-order valence-electron chi connectivity index (χ4n) is 3.51. The predicted molar refractivity (Wildman–Crippen MR) is 81.9 cm³/mol. The Morgan fingerprint density at radius 3 is 2.86 bits per heavy atom. The summed E-state index contributed by atoms with van der Waals surface area (Å²) in [6, 6.07) is 4.62. The topological polar surface area (TPSA) is 41.1 Å². The maximum absolute atomic E-state index is 13.4. The smallest absolute Gasteiger partial charge is 0.241 e. The van der Waals surface area contributed by atoms with Crippen LogP contribution in [0.15, 0.2) is 18.2 Å². The molecule has 3 nitrogen and oxygen atoms in total. The van der Waals surface area contributed by atoms with Crippen LogP contribution >= 0.6 is 11.6 Å². The molecular formula is C16H20ClFN2O. The zero-order valence-electron chi connectivity index (χ0n) is 11.9. The van der Waals surface area contributed by atoms with E-state index < -0.39 is 5.82 Å².